The highest BCUT2D eigenvalue weighted by Crippen LogP contribution is 2.19. The van der Waals surface area contributed by atoms with Crippen molar-refractivity contribution in [3.05, 3.63) is 27.9 Å². The first kappa shape index (κ1) is 12.8. The summed E-state index contributed by atoms with van der Waals surface area (Å²) in [5.74, 6) is 0. The topological polar surface area (TPSA) is 70.7 Å². The molecule has 0 spiro atoms. The molecular formula is C13H18N4O. The van der Waals surface area contributed by atoms with Gasteiger partial charge in [-0.15, -0.1) is 0 Å². The van der Waals surface area contributed by atoms with Gasteiger partial charge in [0.1, 0.15) is 0 Å². The monoisotopic (exact) mass is 246 g/mol. The molecule has 2 heterocycles. The summed E-state index contributed by atoms with van der Waals surface area (Å²) in [5, 5.41) is 12.2. The van der Waals surface area contributed by atoms with Gasteiger partial charge in [-0.25, -0.2) is 4.98 Å². The minimum Gasteiger partial charge on any atom is -0.311 e. The van der Waals surface area contributed by atoms with Crippen molar-refractivity contribution in [2.75, 3.05) is 6.54 Å². The molecule has 1 aliphatic heterocycles. The van der Waals surface area contributed by atoms with E-state index < -0.39 is 5.41 Å². The van der Waals surface area contributed by atoms with Crippen LogP contribution in [0.3, 0.4) is 0 Å². The smallest absolute Gasteiger partial charge is 0.256 e. The lowest BCUT2D eigenvalue weighted by molar-refractivity contribution is 0.405. The van der Waals surface area contributed by atoms with Crippen LogP contribution in [0.4, 0.5) is 0 Å². The molecule has 18 heavy (non-hydrogen) atoms. The van der Waals surface area contributed by atoms with Crippen LogP contribution in [0.15, 0.2) is 11.1 Å². The zero-order chi connectivity index (χ0) is 13.2. The van der Waals surface area contributed by atoms with E-state index in [1.807, 2.05) is 13.8 Å². The van der Waals surface area contributed by atoms with E-state index in [9.17, 15) is 4.79 Å². The van der Waals surface area contributed by atoms with Gasteiger partial charge < -0.3 is 5.32 Å². The summed E-state index contributed by atoms with van der Waals surface area (Å²) in [5.41, 5.74) is 1.33. The van der Waals surface area contributed by atoms with E-state index >= 15 is 0 Å². The fourth-order valence-electron chi connectivity index (χ4n) is 2.01. The van der Waals surface area contributed by atoms with Crippen LogP contribution in [-0.2, 0) is 19.5 Å². The number of rotatable bonds is 3. The normalized spacial score (nSPS) is 14.9. The summed E-state index contributed by atoms with van der Waals surface area (Å²) in [7, 11) is 0. The van der Waals surface area contributed by atoms with E-state index in [2.05, 4.69) is 16.4 Å². The highest BCUT2D eigenvalue weighted by molar-refractivity contribution is 5.19. The predicted octanol–water partition coefficient (Wildman–Crippen LogP) is 0.829. The summed E-state index contributed by atoms with van der Waals surface area (Å²) in [6, 6.07) is 2.25. The molecule has 0 fully saturated rings. The molecule has 5 nitrogen and oxygen atoms in total. The number of nitrogens with zero attached hydrogens (tertiary/aromatic N) is 3. The number of hydrogen-bond acceptors (Lipinski definition) is 4. The first-order valence-electron chi connectivity index (χ1n) is 6.23. The van der Waals surface area contributed by atoms with Crippen molar-refractivity contribution >= 4 is 0 Å². The molecule has 5 heteroatoms. The van der Waals surface area contributed by atoms with Gasteiger partial charge in [0.2, 0.25) is 0 Å². The third-order valence-corrected chi connectivity index (χ3v) is 3.34. The van der Waals surface area contributed by atoms with Crippen molar-refractivity contribution in [2.45, 2.75) is 39.8 Å². The average molecular weight is 246 g/mol. The Balaban J connectivity index is 2.21. The van der Waals surface area contributed by atoms with Crippen LogP contribution in [0, 0.1) is 16.7 Å². The maximum Gasteiger partial charge on any atom is 0.256 e. The lowest BCUT2D eigenvalue weighted by Crippen LogP contribution is -2.34. The Hall–Kier alpha value is -1.67. The zero-order valence-corrected chi connectivity index (χ0v) is 10.9. The highest BCUT2D eigenvalue weighted by atomic mass is 16.1. The van der Waals surface area contributed by atoms with Gasteiger partial charge in [0.25, 0.3) is 5.56 Å². The fourth-order valence-corrected chi connectivity index (χ4v) is 2.01. The molecule has 1 N–H and O–H groups in total. The third-order valence-electron chi connectivity index (χ3n) is 3.34. The number of nitrogens with one attached hydrogen (secondary N) is 1. The average Bonchev–Trinajstić information content (AvgIpc) is 2.38. The minimum atomic E-state index is -0.406. The van der Waals surface area contributed by atoms with Gasteiger partial charge in [0.15, 0.2) is 0 Å². The zero-order valence-electron chi connectivity index (χ0n) is 10.9. The molecule has 0 amide bonds. The van der Waals surface area contributed by atoms with E-state index in [1.165, 1.54) is 0 Å². The van der Waals surface area contributed by atoms with Crippen LogP contribution in [0.25, 0.3) is 0 Å². The summed E-state index contributed by atoms with van der Waals surface area (Å²) in [6.45, 7) is 5.82. The Labute approximate surface area is 106 Å². The first-order valence-corrected chi connectivity index (χ1v) is 6.23. The SMILES string of the molecule is CC(C)(C#N)CCn1cnc2c(c1=O)CCNC2. The molecule has 1 aliphatic rings. The van der Waals surface area contributed by atoms with Crippen LogP contribution < -0.4 is 10.9 Å². The van der Waals surface area contributed by atoms with Gasteiger partial charge in [-0.2, -0.15) is 5.26 Å². The summed E-state index contributed by atoms with van der Waals surface area (Å²) < 4.78 is 1.63. The first-order chi connectivity index (χ1) is 8.53. The minimum absolute atomic E-state index is 0.0511. The Morgan fingerprint density at radius 1 is 1.61 bits per heavy atom. The number of nitriles is 1. The van der Waals surface area contributed by atoms with Crippen molar-refractivity contribution in [3.8, 4) is 6.07 Å². The second kappa shape index (κ2) is 4.91. The molecule has 0 aliphatic carbocycles. The summed E-state index contributed by atoms with van der Waals surface area (Å²) in [4.78, 5) is 16.6. The lowest BCUT2D eigenvalue weighted by Gasteiger charge is -2.19. The number of hydrogen-bond donors (Lipinski definition) is 1. The Bertz CT molecular complexity index is 539. The number of aromatic nitrogens is 2. The van der Waals surface area contributed by atoms with Gasteiger partial charge in [-0.05, 0) is 33.2 Å². The number of fused-ring (bicyclic) bond motifs is 1. The largest absolute Gasteiger partial charge is 0.311 e. The number of aryl methyl sites for hydroxylation is 1. The molecule has 1 aromatic heterocycles. The maximum atomic E-state index is 12.2. The van der Waals surface area contributed by atoms with Crippen molar-refractivity contribution in [2.24, 2.45) is 5.41 Å². The molecular weight excluding hydrogens is 228 g/mol. The van der Waals surface area contributed by atoms with Crippen molar-refractivity contribution in [1.29, 1.82) is 5.26 Å². The molecule has 96 valence electrons. The molecule has 0 atom stereocenters. The molecule has 0 saturated heterocycles. The Morgan fingerprint density at radius 3 is 3.11 bits per heavy atom. The van der Waals surface area contributed by atoms with Gasteiger partial charge in [0, 0.05) is 18.7 Å². The summed E-state index contributed by atoms with van der Waals surface area (Å²) >= 11 is 0. The van der Waals surface area contributed by atoms with Gasteiger partial charge in [-0.1, -0.05) is 0 Å². The van der Waals surface area contributed by atoms with Crippen molar-refractivity contribution in [3.63, 3.8) is 0 Å². The quantitative estimate of drug-likeness (QED) is 0.857. The van der Waals surface area contributed by atoms with Crippen LogP contribution >= 0.6 is 0 Å². The molecule has 0 radical (unpaired) electrons. The van der Waals surface area contributed by atoms with Gasteiger partial charge >= 0.3 is 0 Å². The standard InChI is InChI=1S/C13H18N4O/c1-13(2,8-14)4-6-17-9-16-11-7-15-5-3-10(11)12(17)18/h9,15H,3-7H2,1-2H3. The third kappa shape index (κ3) is 2.59. The molecule has 0 bridgehead atoms. The van der Waals surface area contributed by atoms with Crippen molar-refractivity contribution in [1.82, 2.24) is 14.9 Å². The highest BCUT2D eigenvalue weighted by Gasteiger charge is 2.19. The molecule has 0 aromatic carbocycles. The molecule has 0 saturated carbocycles. The van der Waals surface area contributed by atoms with E-state index in [-0.39, 0.29) is 5.56 Å². The van der Waals surface area contributed by atoms with Crippen LogP contribution in [0.2, 0.25) is 0 Å². The van der Waals surface area contributed by atoms with E-state index in [4.69, 9.17) is 5.26 Å². The lowest BCUT2D eigenvalue weighted by atomic mass is 9.91. The van der Waals surface area contributed by atoms with Crippen LogP contribution in [-0.4, -0.2) is 16.1 Å². The van der Waals surface area contributed by atoms with Crippen LogP contribution in [0.5, 0.6) is 0 Å². The van der Waals surface area contributed by atoms with E-state index in [0.29, 0.717) is 19.5 Å². The predicted molar refractivity (Wildman–Crippen MR) is 67.9 cm³/mol. The molecule has 1 aromatic rings. The Morgan fingerprint density at radius 2 is 2.39 bits per heavy atom. The van der Waals surface area contributed by atoms with Crippen molar-refractivity contribution < 1.29 is 0 Å². The van der Waals surface area contributed by atoms with Gasteiger partial charge in [-0.3, -0.25) is 9.36 Å². The second-order valence-electron chi connectivity index (χ2n) is 5.34. The van der Waals surface area contributed by atoms with Gasteiger partial charge in [0.05, 0.1) is 23.5 Å². The second-order valence-corrected chi connectivity index (χ2v) is 5.34. The maximum absolute atomic E-state index is 12.2. The van der Waals surface area contributed by atoms with E-state index in [1.54, 1.807) is 10.9 Å². The molecule has 2 rings (SSSR count). The summed E-state index contributed by atoms with van der Waals surface area (Å²) in [6.07, 6.45) is 2.99. The Kier molecular flexibility index (Phi) is 3.48. The van der Waals surface area contributed by atoms with E-state index in [0.717, 1.165) is 24.2 Å². The van der Waals surface area contributed by atoms with Crippen LogP contribution in [0.1, 0.15) is 31.5 Å². The molecule has 0 unspecified atom stereocenters. The fraction of sp³-hybridized carbons (Fsp3) is 0.615.